The molecule has 0 aliphatic heterocycles. The third kappa shape index (κ3) is 6.84. The number of carbonyl (C=O) groups is 1. The fourth-order valence-corrected chi connectivity index (χ4v) is 5.66. The predicted molar refractivity (Wildman–Crippen MR) is 169 cm³/mol. The molecule has 0 atom stereocenters. The Bertz CT molecular complexity index is 1520. The van der Waals surface area contributed by atoms with E-state index in [2.05, 4.69) is 52.9 Å². The van der Waals surface area contributed by atoms with E-state index >= 15 is 0 Å². The third-order valence-corrected chi connectivity index (χ3v) is 8.06. The molecule has 0 unspecified atom stereocenters. The highest BCUT2D eigenvalue weighted by Crippen LogP contribution is 2.34. The van der Waals surface area contributed by atoms with Crippen LogP contribution in [0, 0.1) is 6.92 Å². The minimum absolute atomic E-state index is 0.0576. The van der Waals surface area contributed by atoms with Crippen LogP contribution >= 0.6 is 0 Å². The summed E-state index contributed by atoms with van der Waals surface area (Å²) in [5.74, 6) is 1.85. The van der Waals surface area contributed by atoms with Gasteiger partial charge in [0.15, 0.2) is 5.82 Å². The number of methoxy groups -OCH3 is 1. The van der Waals surface area contributed by atoms with E-state index in [1.54, 1.807) is 31.8 Å². The normalized spacial score (nSPS) is 17.0. The molecule has 10 nitrogen and oxygen atoms in total. The first-order valence-electron chi connectivity index (χ1n) is 15.1. The van der Waals surface area contributed by atoms with E-state index in [9.17, 15) is 4.79 Å². The molecule has 1 fully saturated rings. The summed E-state index contributed by atoms with van der Waals surface area (Å²) in [7, 11) is 1.58. The van der Waals surface area contributed by atoms with Gasteiger partial charge in [-0.25, -0.2) is 19.9 Å². The molecule has 0 radical (unpaired) electrons. The second kappa shape index (κ2) is 12.9. The van der Waals surface area contributed by atoms with Gasteiger partial charge in [0.1, 0.15) is 0 Å². The molecule has 4 heterocycles. The van der Waals surface area contributed by atoms with Crippen molar-refractivity contribution in [2.75, 3.05) is 17.3 Å². The number of aromatic nitrogens is 6. The van der Waals surface area contributed by atoms with Crippen molar-refractivity contribution in [3.63, 3.8) is 0 Å². The standard InChI is InChI=1S/C33H42N8O2/c1-7-8-30(42)41(28-20-35-27(19-36-28)22-9-14-29(43-6)37-16-22)24-12-10-23(11-13-24)39-32-38-18-26(33(3,4)5)31(40-32)25-17-34-15-21(25)2/h9,14-20,23-24,34H,7-8,10-13H2,1-6H3,(H,38,39,40). The van der Waals surface area contributed by atoms with Crippen LogP contribution in [0.15, 0.2) is 49.3 Å². The number of anilines is 2. The van der Waals surface area contributed by atoms with Crippen molar-refractivity contribution in [2.24, 2.45) is 0 Å². The summed E-state index contributed by atoms with van der Waals surface area (Å²) in [5.41, 5.74) is 5.78. The van der Waals surface area contributed by atoms with Crippen LogP contribution in [0.3, 0.4) is 0 Å². The number of carbonyl (C=O) groups excluding carboxylic acids is 1. The van der Waals surface area contributed by atoms with Gasteiger partial charge in [-0.15, -0.1) is 0 Å². The first-order valence-corrected chi connectivity index (χ1v) is 15.1. The molecule has 226 valence electrons. The van der Waals surface area contributed by atoms with E-state index in [1.165, 1.54) is 0 Å². The Labute approximate surface area is 253 Å². The molecule has 0 aromatic carbocycles. The van der Waals surface area contributed by atoms with Crippen molar-refractivity contribution in [1.82, 2.24) is 29.9 Å². The van der Waals surface area contributed by atoms with Crippen LogP contribution < -0.4 is 15.0 Å². The highest BCUT2D eigenvalue weighted by molar-refractivity contribution is 5.93. The molecule has 43 heavy (non-hydrogen) atoms. The molecule has 1 aliphatic carbocycles. The van der Waals surface area contributed by atoms with Gasteiger partial charge in [-0.3, -0.25) is 14.7 Å². The van der Waals surface area contributed by atoms with Gasteiger partial charge in [-0.05, 0) is 56.1 Å². The van der Waals surface area contributed by atoms with Crippen molar-refractivity contribution in [3.8, 4) is 28.4 Å². The van der Waals surface area contributed by atoms with Gasteiger partial charge >= 0.3 is 0 Å². The summed E-state index contributed by atoms with van der Waals surface area (Å²) in [4.78, 5) is 41.7. The number of hydrogen-bond donors (Lipinski definition) is 2. The molecule has 0 bridgehead atoms. The fraction of sp³-hybridized carbons (Fsp3) is 0.455. The number of rotatable bonds is 9. The maximum Gasteiger partial charge on any atom is 0.228 e. The van der Waals surface area contributed by atoms with Gasteiger partial charge in [-0.2, -0.15) is 0 Å². The zero-order valence-corrected chi connectivity index (χ0v) is 26.0. The number of ether oxygens (including phenoxy) is 1. The Balaban J connectivity index is 1.29. The first kappa shape index (κ1) is 30.1. The van der Waals surface area contributed by atoms with Gasteiger partial charge in [0.05, 0.1) is 30.9 Å². The van der Waals surface area contributed by atoms with E-state index < -0.39 is 0 Å². The molecule has 1 amide bonds. The van der Waals surface area contributed by atoms with E-state index in [1.807, 2.05) is 36.5 Å². The topological polar surface area (TPSA) is 122 Å². The largest absolute Gasteiger partial charge is 0.481 e. The van der Waals surface area contributed by atoms with E-state index in [0.29, 0.717) is 29.8 Å². The van der Waals surface area contributed by atoms with Crippen LogP contribution in [-0.4, -0.2) is 55.0 Å². The van der Waals surface area contributed by atoms with Gasteiger partial charge < -0.3 is 15.0 Å². The van der Waals surface area contributed by atoms with E-state index in [-0.39, 0.29) is 23.4 Å². The zero-order valence-electron chi connectivity index (χ0n) is 26.0. The second-order valence-electron chi connectivity index (χ2n) is 12.3. The highest BCUT2D eigenvalue weighted by Gasteiger charge is 2.31. The van der Waals surface area contributed by atoms with Crippen molar-refractivity contribution in [2.45, 2.75) is 90.6 Å². The van der Waals surface area contributed by atoms with Crippen molar-refractivity contribution < 1.29 is 9.53 Å². The van der Waals surface area contributed by atoms with Crippen LogP contribution in [0.25, 0.3) is 22.5 Å². The third-order valence-electron chi connectivity index (χ3n) is 8.06. The lowest BCUT2D eigenvalue weighted by atomic mass is 9.85. The first-order chi connectivity index (χ1) is 20.7. The number of nitrogens with one attached hydrogen (secondary N) is 2. The van der Waals surface area contributed by atoms with E-state index in [4.69, 9.17) is 14.7 Å². The van der Waals surface area contributed by atoms with Gasteiger partial charge in [-0.1, -0.05) is 27.7 Å². The second-order valence-corrected chi connectivity index (χ2v) is 12.3. The number of H-pyrrole nitrogens is 1. The predicted octanol–water partition coefficient (Wildman–Crippen LogP) is 6.49. The minimum Gasteiger partial charge on any atom is -0.481 e. The smallest absolute Gasteiger partial charge is 0.228 e. The Kier molecular flexibility index (Phi) is 9.03. The Morgan fingerprint density at radius 3 is 2.40 bits per heavy atom. The molecule has 4 aromatic heterocycles. The monoisotopic (exact) mass is 582 g/mol. The number of hydrogen-bond acceptors (Lipinski definition) is 8. The van der Waals surface area contributed by atoms with E-state index in [0.717, 1.165) is 60.1 Å². The van der Waals surface area contributed by atoms with Crippen LogP contribution in [0.4, 0.5) is 11.8 Å². The Morgan fingerprint density at radius 2 is 1.81 bits per heavy atom. The average Bonchev–Trinajstić information content (AvgIpc) is 3.44. The minimum atomic E-state index is -0.0866. The van der Waals surface area contributed by atoms with Gasteiger partial charge in [0.2, 0.25) is 17.7 Å². The van der Waals surface area contributed by atoms with Gasteiger partial charge in [0.25, 0.3) is 0 Å². The maximum atomic E-state index is 13.3. The fourth-order valence-electron chi connectivity index (χ4n) is 5.66. The van der Waals surface area contributed by atoms with Crippen LogP contribution in [0.5, 0.6) is 5.88 Å². The zero-order chi connectivity index (χ0) is 30.6. The van der Waals surface area contributed by atoms with Crippen molar-refractivity contribution >= 4 is 17.7 Å². The number of pyridine rings is 1. The molecule has 0 spiro atoms. The highest BCUT2D eigenvalue weighted by atomic mass is 16.5. The summed E-state index contributed by atoms with van der Waals surface area (Å²) in [5, 5.41) is 3.59. The molecule has 1 saturated carbocycles. The van der Waals surface area contributed by atoms with Crippen molar-refractivity contribution in [3.05, 3.63) is 60.4 Å². The average molecular weight is 583 g/mol. The molecule has 0 saturated heterocycles. The van der Waals surface area contributed by atoms with Crippen LogP contribution in [0.2, 0.25) is 0 Å². The Hall–Kier alpha value is -4.34. The number of aryl methyl sites for hydroxylation is 1. The Morgan fingerprint density at radius 1 is 1.02 bits per heavy atom. The molecular weight excluding hydrogens is 540 g/mol. The lowest BCUT2D eigenvalue weighted by Gasteiger charge is -2.36. The summed E-state index contributed by atoms with van der Waals surface area (Å²) in [6, 6.07) is 3.96. The number of amides is 1. The van der Waals surface area contributed by atoms with Crippen molar-refractivity contribution in [1.29, 1.82) is 0 Å². The molecule has 10 heteroatoms. The SMILES string of the molecule is CCCC(=O)N(c1cnc(-c2ccc(OC)nc2)cn1)C1CCC(Nc2ncc(C(C)(C)C)c(-c3c[nH]cc3C)n2)CC1. The maximum absolute atomic E-state index is 13.3. The van der Waals surface area contributed by atoms with Crippen LogP contribution in [0.1, 0.15) is 77.3 Å². The molecule has 1 aliphatic rings. The number of nitrogens with zero attached hydrogens (tertiary/aromatic N) is 6. The van der Waals surface area contributed by atoms with Crippen LogP contribution in [-0.2, 0) is 10.2 Å². The summed E-state index contributed by atoms with van der Waals surface area (Å²) in [6.45, 7) is 10.7. The molecule has 2 N–H and O–H groups in total. The number of aromatic amines is 1. The quantitative estimate of drug-likeness (QED) is 0.230. The lowest BCUT2D eigenvalue weighted by molar-refractivity contribution is -0.119. The molecule has 5 rings (SSSR count). The summed E-state index contributed by atoms with van der Waals surface area (Å²) < 4.78 is 5.15. The van der Waals surface area contributed by atoms with Gasteiger partial charge in [0, 0.05) is 66.0 Å². The molecular formula is C33H42N8O2. The summed E-state index contributed by atoms with van der Waals surface area (Å²) >= 11 is 0. The summed E-state index contributed by atoms with van der Waals surface area (Å²) in [6.07, 6.45) is 15.8. The molecule has 4 aromatic rings. The lowest BCUT2D eigenvalue weighted by Crippen LogP contribution is -2.44.